The van der Waals surface area contributed by atoms with Crippen molar-refractivity contribution in [3.63, 3.8) is 0 Å². The number of nitrogens with one attached hydrogen (secondary N) is 1. The highest BCUT2D eigenvalue weighted by atomic mass is 19.4. The molecule has 3 aromatic rings. The van der Waals surface area contributed by atoms with E-state index in [4.69, 9.17) is 5.26 Å². The number of imide groups is 1. The number of hydrogen-bond donors (Lipinski definition) is 1. The molecule has 0 bridgehead atoms. The monoisotopic (exact) mass is 523 g/mol. The average Bonchev–Trinajstić information content (AvgIpc) is 3.03. The summed E-state index contributed by atoms with van der Waals surface area (Å²) in [5.74, 6) is -0.721. The van der Waals surface area contributed by atoms with Gasteiger partial charge in [-0.2, -0.15) is 18.4 Å². The summed E-state index contributed by atoms with van der Waals surface area (Å²) in [6.07, 6.45) is -4.86. The Labute approximate surface area is 214 Å². The van der Waals surface area contributed by atoms with Crippen LogP contribution in [0, 0.1) is 21.4 Å². The number of nitriles is 1. The summed E-state index contributed by atoms with van der Waals surface area (Å²) in [4.78, 5) is 39.0. The molecular formula is C26H20F3N5O4. The van der Waals surface area contributed by atoms with Crippen LogP contribution < -0.4 is 10.2 Å². The average molecular weight is 523 g/mol. The number of anilines is 3. The topological polar surface area (TPSA) is 120 Å². The van der Waals surface area contributed by atoms with Crippen LogP contribution in [0.5, 0.6) is 0 Å². The van der Waals surface area contributed by atoms with Crippen LogP contribution in [0.2, 0.25) is 0 Å². The van der Waals surface area contributed by atoms with E-state index in [0.29, 0.717) is 27.9 Å². The Morgan fingerprint density at radius 2 is 1.71 bits per heavy atom. The molecule has 1 saturated heterocycles. The Morgan fingerprint density at radius 1 is 1.05 bits per heavy atom. The summed E-state index contributed by atoms with van der Waals surface area (Å²) in [6, 6.07) is 16.0. The zero-order valence-electron chi connectivity index (χ0n) is 20.1. The molecule has 3 amide bonds. The first kappa shape index (κ1) is 26.2. The van der Waals surface area contributed by atoms with Crippen molar-refractivity contribution in [1.82, 2.24) is 4.90 Å². The highest BCUT2D eigenvalue weighted by molar-refractivity contribution is 6.23. The van der Waals surface area contributed by atoms with Crippen molar-refractivity contribution in [2.45, 2.75) is 32.1 Å². The molecule has 0 saturated carbocycles. The quantitative estimate of drug-likeness (QED) is 0.241. The SMILES string of the molecule is CC1(C)C(=O)N(c2ccc(C#N)c(C(F)(F)F)c2)C(=O)N1Cc1ccccc1Nc1ccc([N+](=O)[O-])cc1. The first-order valence-electron chi connectivity index (χ1n) is 11.2. The Balaban J connectivity index is 1.65. The molecule has 4 rings (SSSR count). The van der Waals surface area contributed by atoms with Crippen LogP contribution in [0.4, 0.5) is 40.7 Å². The van der Waals surface area contributed by atoms with Crippen LogP contribution in [0.15, 0.2) is 66.7 Å². The van der Waals surface area contributed by atoms with Crippen LogP contribution >= 0.6 is 0 Å². The van der Waals surface area contributed by atoms with E-state index >= 15 is 0 Å². The van der Waals surface area contributed by atoms with Gasteiger partial charge in [0.2, 0.25) is 0 Å². The van der Waals surface area contributed by atoms with E-state index in [2.05, 4.69) is 5.32 Å². The lowest BCUT2D eigenvalue weighted by molar-refractivity contribution is -0.384. The third kappa shape index (κ3) is 4.73. The standard InChI is InChI=1S/C26H20F3N5O4/c1-25(2)23(35)33(20-10-7-16(14-30)21(13-20)26(27,28)29)24(36)32(25)15-17-5-3-4-6-22(17)31-18-8-11-19(12-9-18)34(37)38/h3-13,31H,15H2,1-2H3. The van der Waals surface area contributed by atoms with Gasteiger partial charge in [0, 0.05) is 23.5 Å². The van der Waals surface area contributed by atoms with Crippen LogP contribution in [0.1, 0.15) is 30.5 Å². The molecular weight excluding hydrogens is 503 g/mol. The van der Waals surface area contributed by atoms with Crippen LogP contribution in [-0.2, 0) is 17.5 Å². The molecule has 0 spiro atoms. The lowest BCUT2D eigenvalue weighted by Gasteiger charge is -2.28. The third-order valence-corrected chi connectivity index (χ3v) is 6.21. The Morgan fingerprint density at radius 3 is 2.32 bits per heavy atom. The van der Waals surface area contributed by atoms with Gasteiger partial charge in [-0.05, 0) is 55.8 Å². The number of alkyl halides is 3. The number of rotatable bonds is 6. The number of hydrogen-bond acceptors (Lipinski definition) is 6. The summed E-state index contributed by atoms with van der Waals surface area (Å²) in [7, 11) is 0. The molecule has 1 aliphatic rings. The number of nitro groups is 1. The molecule has 1 heterocycles. The molecule has 0 radical (unpaired) electrons. The van der Waals surface area contributed by atoms with Crippen molar-refractivity contribution in [2.75, 3.05) is 10.2 Å². The molecule has 0 aromatic heterocycles. The van der Waals surface area contributed by atoms with Crippen molar-refractivity contribution in [1.29, 1.82) is 5.26 Å². The molecule has 194 valence electrons. The lowest BCUT2D eigenvalue weighted by atomic mass is 10.0. The van der Waals surface area contributed by atoms with Crippen LogP contribution in [0.25, 0.3) is 0 Å². The van der Waals surface area contributed by atoms with Gasteiger partial charge in [0.1, 0.15) is 5.54 Å². The van der Waals surface area contributed by atoms with Crippen molar-refractivity contribution in [2.24, 2.45) is 0 Å². The van der Waals surface area contributed by atoms with E-state index < -0.39 is 39.7 Å². The fraction of sp³-hybridized carbons (Fsp3) is 0.192. The van der Waals surface area contributed by atoms with Crippen molar-refractivity contribution >= 4 is 34.7 Å². The minimum atomic E-state index is -4.86. The molecule has 38 heavy (non-hydrogen) atoms. The second kappa shape index (κ2) is 9.51. The van der Waals surface area contributed by atoms with E-state index in [1.165, 1.54) is 49.1 Å². The molecule has 1 N–H and O–H groups in total. The second-order valence-electron chi connectivity index (χ2n) is 8.99. The number of carbonyl (C=O) groups excluding carboxylic acids is 2. The summed E-state index contributed by atoms with van der Waals surface area (Å²) in [6.45, 7) is 2.93. The molecule has 0 unspecified atom stereocenters. The van der Waals surface area contributed by atoms with Gasteiger partial charge in [0.25, 0.3) is 11.6 Å². The Kier molecular flexibility index (Phi) is 6.55. The number of carbonyl (C=O) groups is 2. The van der Waals surface area contributed by atoms with E-state index in [1.807, 2.05) is 0 Å². The van der Waals surface area contributed by atoms with Crippen molar-refractivity contribution < 1.29 is 27.7 Å². The minimum absolute atomic E-state index is 0.0629. The molecule has 9 nitrogen and oxygen atoms in total. The predicted molar refractivity (Wildman–Crippen MR) is 131 cm³/mol. The van der Waals surface area contributed by atoms with Crippen LogP contribution in [-0.4, -0.2) is 27.3 Å². The number of urea groups is 1. The van der Waals surface area contributed by atoms with Gasteiger partial charge in [-0.3, -0.25) is 14.9 Å². The summed E-state index contributed by atoms with van der Waals surface area (Å²) in [5.41, 5.74) is -1.93. The zero-order chi connectivity index (χ0) is 27.8. The van der Waals surface area contributed by atoms with Gasteiger partial charge in [-0.15, -0.1) is 0 Å². The Bertz CT molecular complexity index is 1480. The summed E-state index contributed by atoms with van der Waals surface area (Å²) >= 11 is 0. The maximum Gasteiger partial charge on any atom is 0.417 e. The number of nitro benzene ring substituents is 1. The van der Waals surface area contributed by atoms with Gasteiger partial charge in [-0.25, -0.2) is 9.69 Å². The van der Waals surface area contributed by atoms with Crippen LogP contribution in [0.3, 0.4) is 0 Å². The van der Waals surface area contributed by atoms with E-state index in [1.54, 1.807) is 24.3 Å². The molecule has 3 aromatic carbocycles. The predicted octanol–water partition coefficient (Wildman–Crippen LogP) is 5.98. The fourth-order valence-corrected chi connectivity index (χ4v) is 4.10. The molecule has 12 heteroatoms. The zero-order valence-corrected chi connectivity index (χ0v) is 20.1. The summed E-state index contributed by atoms with van der Waals surface area (Å²) < 4.78 is 40.5. The number of amides is 3. The minimum Gasteiger partial charge on any atom is -0.355 e. The van der Waals surface area contributed by atoms with Crippen molar-refractivity contribution in [3.8, 4) is 6.07 Å². The van der Waals surface area contributed by atoms with E-state index in [0.717, 1.165) is 12.1 Å². The molecule has 1 fully saturated rings. The molecule has 0 atom stereocenters. The van der Waals surface area contributed by atoms with E-state index in [9.17, 15) is 32.9 Å². The summed E-state index contributed by atoms with van der Waals surface area (Å²) in [5, 5.41) is 23.1. The highest BCUT2D eigenvalue weighted by Gasteiger charge is 2.52. The normalized spacial score (nSPS) is 14.9. The van der Waals surface area contributed by atoms with Gasteiger partial charge in [-0.1, -0.05) is 18.2 Å². The lowest BCUT2D eigenvalue weighted by Crippen LogP contribution is -2.43. The largest absolute Gasteiger partial charge is 0.417 e. The van der Waals surface area contributed by atoms with E-state index in [-0.39, 0.29) is 17.9 Å². The maximum atomic E-state index is 13.5. The third-order valence-electron chi connectivity index (χ3n) is 6.21. The maximum absolute atomic E-state index is 13.5. The van der Waals surface area contributed by atoms with Gasteiger partial charge in [0.15, 0.2) is 0 Å². The number of para-hydroxylation sites is 1. The van der Waals surface area contributed by atoms with Crippen molar-refractivity contribution in [3.05, 3.63) is 93.5 Å². The van der Waals surface area contributed by atoms with Gasteiger partial charge in [0.05, 0.1) is 34.4 Å². The Hall–Kier alpha value is -4.92. The number of halogens is 3. The number of benzene rings is 3. The highest BCUT2D eigenvalue weighted by Crippen LogP contribution is 2.38. The van der Waals surface area contributed by atoms with Gasteiger partial charge < -0.3 is 10.2 Å². The number of non-ortho nitro benzene ring substituents is 1. The first-order valence-corrected chi connectivity index (χ1v) is 11.2. The molecule has 1 aliphatic heterocycles. The first-order chi connectivity index (χ1) is 17.8. The fourth-order valence-electron chi connectivity index (χ4n) is 4.10. The smallest absolute Gasteiger partial charge is 0.355 e. The second-order valence-corrected chi connectivity index (χ2v) is 8.99. The molecule has 0 aliphatic carbocycles. The van der Waals surface area contributed by atoms with Gasteiger partial charge >= 0.3 is 12.2 Å². The number of nitrogens with zero attached hydrogens (tertiary/aromatic N) is 4.